The zero-order valence-corrected chi connectivity index (χ0v) is 10.5. The van der Waals surface area contributed by atoms with Crippen molar-refractivity contribution in [1.29, 1.82) is 0 Å². The molecule has 0 aromatic heterocycles. The average Bonchev–Trinajstić information content (AvgIpc) is 2.74. The molecule has 2 heteroatoms. The molecule has 88 valence electrons. The first-order valence-electron chi connectivity index (χ1n) is 6.15. The SMILES string of the molecule is Cc1ccccc1C(C1CCCN1)N(C)C. The number of likely N-dealkylation sites (N-methyl/N-ethyl adjacent to an activating group) is 1. The lowest BCUT2D eigenvalue weighted by molar-refractivity contribution is 0.243. The highest BCUT2D eigenvalue weighted by Gasteiger charge is 2.28. The molecule has 0 aliphatic carbocycles. The Labute approximate surface area is 98.7 Å². The molecule has 0 saturated carbocycles. The molecule has 1 fully saturated rings. The van der Waals surface area contributed by atoms with Gasteiger partial charge in [0, 0.05) is 12.1 Å². The minimum atomic E-state index is 0.503. The third kappa shape index (κ3) is 2.28. The Hall–Kier alpha value is -0.860. The van der Waals surface area contributed by atoms with Gasteiger partial charge in [0.15, 0.2) is 0 Å². The molecule has 1 aromatic carbocycles. The molecule has 1 saturated heterocycles. The number of hydrogen-bond donors (Lipinski definition) is 1. The Kier molecular flexibility index (Phi) is 3.62. The molecule has 1 N–H and O–H groups in total. The van der Waals surface area contributed by atoms with E-state index in [1.165, 1.54) is 30.5 Å². The third-order valence-corrected chi connectivity index (χ3v) is 3.54. The first-order valence-corrected chi connectivity index (χ1v) is 6.15. The highest BCUT2D eigenvalue weighted by atomic mass is 15.1. The quantitative estimate of drug-likeness (QED) is 0.838. The second-order valence-corrected chi connectivity index (χ2v) is 4.97. The van der Waals surface area contributed by atoms with Gasteiger partial charge in [0.2, 0.25) is 0 Å². The number of hydrogen-bond acceptors (Lipinski definition) is 2. The van der Waals surface area contributed by atoms with E-state index in [0.29, 0.717) is 12.1 Å². The Bertz CT molecular complexity index is 340. The van der Waals surface area contributed by atoms with E-state index in [2.05, 4.69) is 55.5 Å². The summed E-state index contributed by atoms with van der Waals surface area (Å²) in [5.74, 6) is 0. The van der Waals surface area contributed by atoms with Gasteiger partial charge in [-0.3, -0.25) is 0 Å². The van der Waals surface area contributed by atoms with Crippen LogP contribution in [0.4, 0.5) is 0 Å². The summed E-state index contributed by atoms with van der Waals surface area (Å²) in [6.07, 6.45) is 2.60. The molecule has 2 atom stereocenters. The number of aryl methyl sites for hydroxylation is 1. The molecular weight excluding hydrogens is 196 g/mol. The predicted octanol–water partition coefficient (Wildman–Crippen LogP) is 2.35. The fourth-order valence-corrected chi connectivity index (χ4v) is 2.75. The molecule has 2 nitrogen and oxygen atoms in total. The fourth-order valence-electron chi connectivity index (χ4n) is 2.75. The van der Waals surface area contributed by atoms with Crippen molar-refractivity contribution in [3.8, 4) is 0 Å². The summed E-state index contributed by atoms with van der Waals surface area (Å²) >= 11 is 0. The van der Waals surface area contributed by atoms with Gasteiger partial charge >= 0.3 is 0 Å². The summed E-state index contributed by atoms with van der Waals surface area (Å²) in [7, 11) is 4.36. The molecular formula is C14H22N2. The van der Waals surface area contributed by atoms with E-state index >= 15 is 0 Å². The first-order chi connectivity index (χ1) is 7.70. The van der Waals surface area contributed by atoms with Crippen molar-refractivity contribution in [3.63, 3.8) is 0 Å². The lowest BCUT2D eigenvalue weighted by atomic mass is 9.93. The van der Waals surface area contributed by atoms with E-state index in [1.54, 1.807) is 0 Å². The molecule has 0 spiro atoms. The maximum absolute atomic E-state index is 3.62. The molecule has 0 radical (unpaired) electrons. The zero-order chi connectivity index (χ0) is 11.5. The van der Waals surface area contributed by atoms with E-state index < -0.39 is 0 Å². The Morgan fingerprint density at radius 3 is 2.62 bits per heavy atom. The monoisotopic (exact) mass is 218 g/mol. The lowest BCUT2D eigenvalue weighted by Crippen LogP contribution is -2.37. The smallest absolute Gasteiger partial charge is 0.0498 e. The largest absolute Gasteiger partial charge is 0.312 e. The van der Waals surface area contributed by atoms with Crippen molar-refractivity contribution in [3.05, 3.63) is 35.4 Å². The minimum absolute atomic E-state index is 0.503. The second-order valence-electron chi connectivity index (χ2n) is 4.97. The van der Waals surface area contributed by atoms with Crippen LogP contribution in [0.3, 0.4) is 0 Å². The normalized spacial score (nSPS) is 22.6. The van der Waals surface area contributed by atoms with Gasteiger partial charge in [-0.05, 0) is 51.5 Å². The van der Waals surface area contributed by atoms with Gasteiger partial charge in [-0.1, -0.05) is 24.3 Å². The van der Waals surface area contributed by atoms with Crippen LogP contribution in [-0.4, -0.2) is 31.6 Å². The first kappa shape index (κ1) is 11.6. The maximum Gasteiger partial charge on any atom is 0.0498 e. The van der Waals surface area contributed by atoms with Crippen molar-refractivity contribution < 1.29 is 0 Å². The van der Waals surface area contributed by atoms with Crippen LogP contribution in [0, 0.1) is 6.92 Å². The van der Waals surface area contributed by atoms with Gasteiger partial charge in [-0.25, -0.2) is 0 Å². The van der Waals surface area contributed by atoms with Crippen LogP contribution in [0.5, 0.6) is 0 Å². The molecule has 0 amide bonds. The Balaban J connectivity index is 2.28. The summed E-state index contributed by atoms with van der Waals surface area (Å²) in [5.41, 5.74) is 2.86. The van der Waals surface area contributed by atoms with E-state index in [0.717, 1.165) is 0 Å². The van der Waals surface area contributed by atoms with E-state index in [1.807, 2.05) is 0 Å². The van der Waals surface area contributed by atoms with Gasteiger partial charge < -0.3 is 10.2 Å². The van der Waals surface area contributed by atoms with E-state index in [-0.39, 0.29) is 0 Å². The van der Waals surface area contributed by atoms with Crippen LogP contribution in [0.2, 0.25) is 0 Å². The molecule has 1 aliphatic rings. The van der Waals surface area contributed by atoms with Crippen molar-refractivity contribution in [2.75, 3.05) is 20.6 Å². The molecule has 1 aromatic rings. The summed E-state index contributed by atoms with van der Waals surface area (Å²) in [6.45, 7) is 3.38. The molecule has 16 heavy (non-hydrogen) atoms. The van der Waals surface area contributed by atoms with Crippen LogP contribution in [0.15, 0.2) is 24.3 Å². The highest BCUT2D eigenvalue weighted by molar-refractivity contribution is 5.30. The van der Waals surface area contributed by atoms with Crippen LogP contribution in [-0.2, 0) is 0 Å². The van der Waals surface area contributed by atoms with Crippen LogP contribution in [0.25, 0.3) is 0 Å². The third-order valence-electron chi connectivity index (χ3n) is 3.54. The Morgan fingerprint density at radius 2 is 2.06 bits per heavy atom. The van der Waals surface area contributed by atoms with Crippen molar-refractivity contribution in [2.45, 2.75) is 31.8 Å². The highest BCUT2D eigenvalue weighted by Crippen LogP contribution is 2.29. The maximum atomic E-state index is 3.62. The summed E-state index contributed by atoms with van der Waals surface area (Å²) in [6, 6.07) is 9.85. The predicted molar refractivity (Wildman–Crippen MR) is 68.6 cm³/mol. The van der Waals surface area contributed by atoms with E-state index in [4.69, 9.17) is 0 Å². The zero-order valence-electron chi connectivity index (χ0n) is 10.5. The molecule has 0 bridgehead atoms. The van der Waals surface area contributed by atoms with Crippen molar-refractivity contribution in [1.82, 2.24) is 10.2 Å². The van der Waals surface area contributed by atoms with Crippen molar-refractivity contribution in [2.24, 2.45) is 0 Å². The van der Waals surface area contributed by atoms with Crippen molar-refractivity contribution >= 4 is 0 Å². The second kappa shape index (κ2) is 4.98. The van der Waals surface area contributed by atoms with Gasteiger partial charge in [0.05, 0.1) is 0 Å². The lowest BCUT2D eigenvalue weighted by Gasteiger charge is -2.31. The molecule has 1 heterocycles. The molecule has 1 aliphatic heterocycles. The number of nitrogens with one attached hydrogen (secondary N) is 1. The molecule has 2 unspecified atom stereocenters. The van der Waals surface area contributed by atoms with Gasteiger partial charge in [0.25, 0.3) is 0 Å². The number of nitrogens with zero attached hydrogens (tertiary/aromatic N) is 1. The van der Waals surface area contributed by atoms with E-state index in [9.17, 15) is 0 Å². The number of benzene rings is 1. The van der Waals surface area contributed by atoms with Gasteiger partial charge in [-0.15, -0.1) is 0 Å². The minimum Gasteiger partial charge on any atom is -0.312 e. The average molecular weight is 218 g/mol. The standard InChI is InChI=1S/C14H22N2/c1-11-7-4-5-8-12(11)14(16(2)3)13-9-6-10-15-13/h4-5,7-8,13-15H,6,9-10H2,1-3H3. The summed E-state index contributed by atoms with van der Waals surface area (Å²) in [4.78, 5) is 2.34. The summed E-state index contributed by atoms with van der Waals surface area (Å²) in [5, 5.41) is 3.62. The topological polar surface area (TPSA) is 15.3 Å². The van der Waals surface area contributed by atoms with Crippen LogP contribution >= 0.6 is 0 Å². The Morgan fingerprint density at radius 1 is 1.31 bits per heavy atom. The van der Waals surface area contributed by atoms with Crippen LogP contribution in [0.1, 0.15) is 30.0 Å². The number of rotatable bonds is 3. The fraction of sp³-hybridized carbons (Fsp3) is 0.571. The van der Waals surface area contributed by atoms with Gasteiger partial charge in [0.1, 0.15) is 0 Å². The summed E-state index contributed by atoms with van der Waals surface area (Å²) < 4.78 is 0. The molecule has 2 rings (SSSR count). The van der Waals surface area contributed by atoms with Gasteiger partial charge in [-0.2, -0.15) is 0 Å². The van der Waals surface area contributed by atoms with Crippen LogP contribution < -0.4 is 5.32 Å².